The molecule has 1 saturated heterocycles. The first-order chi connectivity index (χ1) is 14.5. The Balaban J connectivity index is 1.60. The van der Waals surface area contributed by atoms with Gasteiger partial charge in [-0.15, -0.1) is 0 Å². The summed E-state index contributed by atoms with van der Waals surface area (Å²) in [6, 6.07) is 9.33. The quantitative estimate of drug-likeness (QED) is 0.670. The number of hydrogen-bond donors (Lipinski definition) is 1. The normalized spacial score (nSPS) is 19.0. The number of pyridine rings is 2. The largest absolute Gasteiger partial charge is 0.368 e. The van der Waals surface area contributed by atoms with Crippen LogP contribution < -0.4 is 5.32 Å². The third kappa shape index (κ3) is 4.31. The molecule has 3 aromatic rings. The smallest absolute Gasteiger partial charge is 0.275 e. The van der Waals surface area contributed by atoms with Crippen LogP contribution in [-0.4, -0.2) is 49.7 Å². The molecular weight excluding hydrogens is 400 g/mol. The van der Waals surface area contributed by atoms with Crippen LogP contribution in [0.25, 0.3) is 5.69 Å². The molecule has 0 saturated carbocycles. The van der Waals surface area contributed by atoms with E-state index in [2.05, 4.69) is 27.3 Å². The molecule has 4 rings (SSSR count). The molecule has 7 nitrogen and oxygen atoms in total. The number of carbonyl (C=O) groups excluding carboxylic acids is 1. The number of aromatic nitrogens is 4. The van der Waals surface area contributed by atoms with E-state index in [1.807, 2.05) is 42.3 Å². The summed E-state index contributed by atoms with van der Waals surface area (Å²) in [5.74, 6) is 1.04. The van der Waals surface area contributed by atoms with Crippen molar-refractivity contribution in [2.24, 2.45) is 5.92 Å². The summed E-state index contributed by atoms with van der Waals surface area (Å²) in [5, 5.41) is 8.25. The van der Waals surface area contributed by atoms with Gasteiger partial charge in [0.25, 0.3) is 5.91 Å². The molecule has 1 N–H and O–H groups in total. The molecule has 1 fully saturated rings. The average molecular weight is 425 g/mol. The molecule has 1 amide bonds. The molecule has 2 unspecified atom stereocenters. The summed E-state index contributed by atoms with van der Waals surface area (Å²) >= 11 is 5.93. The number of piperidine rings is 1. The monoisotopic (exact) mass is 424 g/mol. The third-order valence-electron chi connectivity index (χ3n) is 5.56. The fraction of sp³-hybridized carbons (Fsp3) is 0.364. The van der Waals surface area contributed by atoms with E-state index in [0.717, 1.165) is 24.4 Å². The highest BCUT2D eigenvalue weighted by Gasteiger charge is 2.34. The first-order valence-corrected chi connectivity index (χ1v) is 10.5. The zero-order valence-corrected chi connectivity index (χ0v) is 17.9. The van der Waals surface area contributed by atoms with Crippen molar-refractivity contribution >= 4 is 23.3 Å². The van der Waals surface area contributed by atoms with Crippen molar-refractivity contribution in [3.8, 4) is 5.69 Å². The molecule has 0 aliphatic carbocycles. The molecular formula is C22H25ClN6O. The minimum Gasteiger partial charge on any atom is -0.368 e. The molecule has 1 aliphatic rings. The van der Waals surface area contributed by atoms with Gasteiger partial charge in [0, 0.05) is 37.4 Å². The van der Waals surface area contributed by atoms with Crippen LogP contribution in [0.15, 0.2) is 48.9 Å². The zero-order valence-electron chi connectivity index (χ0n) is 17.1. The van der Waals surface area contributed by atoms with Crippen molar-refractivity contribution in [1.82, 2.24) is 24.6 Å². The van der Waals surface area contributed by atoms with Gasteiger partial charge >= 0.3 is 0 Å². The second kappa shape index (κ2) is 8.83. The maximum atomic E-state index is 13.6. The fourth-order valence-corrected chi connectivity index (χ4v) is 4.05. The van der Waals surface area contributed by atoms with Gasteiger partial charge in [-0.25, -0.2) is 14.6 Å². The minimum atomic E-state index is -0.0633. The maximum absolute atomic E-state index is 13.6. The number of rotatable bonds is 5. The van der Waals surface area contributed by atoms with Gasteiger partial charge in [0.05, 0.1) is 16.8 Å². The lowest BCUT2D eigenvalue weighted by molar-refractivity contribution is 0.0533. The molecule has 0 radical (unpaired) electrons. The number of likely N-dealkylation sites (tertiary alicyclic amines) is 1. The van der Waals surface area contributed by atoms with Gasteiger partial charge in [-0.1, -0.05) is 18.5 Å². The molecule has 4 heterocycles. The van der Waals surface area contributed by atoms with E-state index >= 15 is 0 Å². The Morgan fingerprint density at radius 2 is 2.17 bits per heavy atom. The summed E-state index contributed by atoms with van der Waals surface area (Å²) in [4.78, 5) is 24.5. The Kier molecular flexibility index (Phi) is 5.99. The molecule has 1 aliphatic heterocycles. The zero-order chi connectivity index (χ0) is 21.1. The summed E-state index contributed by atoms with van der Waals surface area (Å²) in [6.07, 6.45) is 7.20. The van der Waals surface area contributed by atoms with Gasteiger partial charge in [0.1, 0.15) is 5.82 Å². The second-order valence-electron chi connectivity index (χ2n) is 7.70. The van der Waals surface area contributed by atoms with E-state index in [1.54, 1.807) is 23.1 Å². The fourth-order valence-electron chi connectivity index (χ4n) is 3.94. The van der Waals surface area contributed by atoms with Gasteiger partial charge in [-0.05, 0) is 56.0 Å². The maximum Gasteiger partial charge on any atom is 0.275 e. The Morgan fingerprint density at radius 3 is 2.90 bits per heavy atom. The molecule has 3 aromatic heterocycles. The first-order valence-electron chi connectivity index (χ1n) is 10.2. The number of halogens is 1. The number of amides is 1. The third-order valence-corrected chi connectivity index (χ3v) is 5.79. The van der Waals surface area contributed by atoms with Crippen molar-refractivity contribution in [3.63, 3.8) is 0 Å². The minimum absolute atomic E-state index is 0.0384. The molecule has 0 bridgehead atoms. The standard InChI is InChI=1S/C22H25ClN6O/c1-15-5-3-11-28(19(15)14-25-20-9-7-17(23)13-24-20)22(30)21-18(8-6-16(2)27-21)29-12-4-10-26-29/h4,6-10,12-13,15,19H,3,5,11,14H2,1-2H3,(H,24,25). The first kappa shape index (κ1) is 20.3. The predicted molar refractivity (Wildman–Crippen MR) is 117 cm³/mol. The van der Waals surface area contributed by atoms with Crippen molar-refractivity contribution in [3.05, 3.63) is 65.3 Å². The van der Waals surface area contributed by atoms with E-state index < -0.39 is 0 Å². The van der Waals surface area contributed by atoms with E-state index in [9.17, 15) is 4.79 Å². The lowest BCUT2D eigenvalue weighted by Gasteiger charge is -2.40. The molecule has 2 atom stereocenters. The molecule has 8 heteroatoms. The lowest BCUT2D eigenvalue weighted by Crippen LogP contribution is -2.51. The van der Waals surface area contributed by atoms with Crippen LogP contribution in [0.1, 0.15) is 35.9 Å². The Hall–Kier alpha value is -2.93. The van der Waals surface area contributed by atoms with Gasteiger partial charge in [0.2, 0.25) is 0 Å². The summed E-state index contributed by atoms with van der Waals surface area (Å²) in [6.45, 7) is 5.41. The van der Waals surface area contributed by atoms with Crippen molar-refractivity contribution in [1.29, 1.82) is 0 Å². The number of aryl methyl sites for hydroxylation is 1. The Bertz CT molecular complexity index is 1000. The topological polar surface area (TPSA) is 75.9 Å². The molecule has 0 aromatic carbocycles. The molecule has 0 spiro atoms. The summed E-state index contributed by atoms with van der Waals surface area (Å²) in [5.41, 5.74) is 1.93. The van der Waals surface area contributed by atoms with Crippen molar-refractivity contribution < 1.29 is 4.79 Å². The van der Waals surface area contributed by atoms with Crippen LogP contribution >= 0.6 is 11.6 Å². The van der Waals surface area contributed by atoms with Crippen molar-refractivity contribution in [2.75, 3.05) is 18.4 Å². The summed E-state index contributed by atoms with van der Waals surface area (Å²) in [7, 11) is 0. The number of anilines is 1. The Morgan fingerprint density at radius 1 is 1.30 bits per heavy atom. The van der Waals surface area contributed by atoms with Crippen LogP contribution in [0.3, 0.4) is 0 Å². The van der Waals surface area contributed by atoms with E-state index in [-0.39, 0.29) is 11.9 Å². The number of hydrogen-bond acceptors (Lipinski definition) is 5. The highest BCUT2D eigenvalue weighted by molar-refractivity contribution is 6.30. The SMILES string of the molecule is Cc1ccc(-n2cccn2)c(C(=O)N2CCCC(C)C2CNc2ccc(Cl)cn2)n1. The molecule has 30 heavy (non-hydrogen) atoms. The van der Waals surface area contributed by atoms with Gasteiger partial charge in [-0.3, -0.25) is 4.79 Å². The van der Waals surface area contributed by atoms with Crippen LogP contribution in [0.5, 0.6) is 0 Å². The van der Waals surface area contributed by atoms with E-state index in [1.165, 1.54) is 0 Å². The lowest BCUT2D eigenvalue weighted by atomic mass is 9.90. The average Bonchev–Trinajstić information content (AvgIpc) is 3.28. The number of nitrogens with one attached hydrogen (secondary N) is 1. The summed E-state index contributed by atoms with van der Waals surface area (Å²) < 4.78 is 1.69. The van der Waals surface area contributed by atoms with Gasteiger partial charge in [-0.2, -0.15) is 5.10 Å². The van der Waals surface area contributed by atoms with Crippen LogP contribution in [0.4, 0.5) is 5.82 Å². The molecule has 156 valence electrons. The van der Waals surface area contributed by atoms with Crippen LogP contribution in [0, 0.1) is 12.8 Å². The second-order valence-corrected chi connectivity index (χ2v) is 8.14. The van der Waals surface area contributed by atoms with Crippen molar-refractivity contribution in [2.45, 2.75) is 32.7 Å². The number of nitrogens with zero attached hydrogens (tertiary/aromatic N) is 5. The Labute approximate surface area is 181 Å². The highest BCUT2D eigenvalue weighted by atomic mass is 35.5. The van der Waals surface area contributed by atoms with E-state index in [4.69, 9.17) is 11.6 Å². The predicted octanol–water partition coefficient (Wildman–Crippen LogP) is 3.98. The highest BCUT2D eigenvalue weighted by Crippen LogP contribution is 2.26. The van der Waals surface area contributed by atoms with Gasteiger partial charge < -0.3 is 10.2 Å². The van der Waals surface area contributed by atoms with Crippen LogP contribution in [0.2, 0.25) is 5.02 Å². The number of carbonyl (C=O) groups is 1. The van der Waals surface area contributed by atoms with Gasteiger partial charge in [0.15, 0.2) is 5.69 Å². The van der Waals surface area contributed by atoms with E-state index in [0.29, 0.717) is 35.4 Å². The van der Waals surface area contributed by atoms with Crippen LogP contribution in [-0.2, 0) is 0 Å².